The van der Waals surface area contributed by atoms with E-state index in [4.69, 9.17) is 4.74 Å². The zero-order chi connectivity index (χ0) is 20.0. The van der Waals surface area contributed by atoms with Crippen LogP contribution in [0.3, 0.4) is 0 Å². The summed E-state index contributed by atoms with van der Waals surface area (Å²) in [7, 11) is 1.62. The van der Waals surface area contributed by atoms with Crippen LogP contribution in [0.4, 0.5) is 0 Å². The van der Waals surface area contributed by atoms with E-state index in [1.165, 1.54) is 0 Å². The number of fused-ring (bicyclic) bond motifs is 2. The standard InChI is InChI=1S/C22H26N4O3/c1-29-18-4-3-14-7-17(22(28)24-19(14)10-18)13-25-11-15-8-20(26-6-2-5-23-26)21(27)9-16(15)12-25/h2-7,10,15-16,20-21,27H,8-9,11-13H2,1H3,(H,24,28)/t15-,16+,20-,21-/m1/s1. The number of ether oxygens (including phenoxy) is 1. The number of likely N-dealkylation sites (tertiary alicyclic amines) is 1. The highest BCUT2D eigenvalue weighted by Crippen LogP contribution is 2.41. The van der Waals surface area contributed by atoms with Crippen molar-refractivity contribution in [1.29, 1.82) is 0 Å². The molecule has 2 N–H and O–H groups in total. The van der Waals surface area contributed by atoms with Crippen molar-refractivity contribution in [2.75, 3.05) is 20.2 Å². The molecule has 0 bridgehead atoms. The molecule has 1 aliphatic carbocycles. The molecule has 4 atom stereocenters. The summed E-state index contributed by atoms with van der Waals surface area (Å²) in [5.41, 5.74) is 1.53. The molecule has 29 heavy (non-hydrogen) atoms. The number of aliphatic hydroxyl groups excluding tert-OH is 1. The Labute approximate surface area is 168 Å². The van der Waals surface area contributed by atoms with Gasteiger partial charge in [-0.3, -0.25) is 14.4 Å². The van der Waals surface area contributed by atoms with E-state index in [-0.39, 0.29) is 17.7 Å². The number of benzene rings is 1. The molecule has 0 radical (unpaired) electrons. The van der Waals surface area contributed by atoms with Crippen LogP contribution < -0.4 is 10.3 Å². The Hall–Kier alpha value is -2.64. The Kier molecular flexibility index (Phi) is 4.64. The van der Waals surface area contributed by atoms with Gasteiger partial charge in [-0.1, -0.05) is 0 Å². The molecule has 1 aromatic carbocycles. The number of H-pyrrole nitrogens is 1. The average molecular weight is 394 g/mol. The zero-order valence-electron chi connectivity index (χ0n) is 16.5. The largest absolute Gasteiger partial charge is 0.497 e. The monoisotopic (exact) mass is 394 g/mol. The second-order valence-corrected chi connectivity index (χ2v) is 8.38. The first-order valence-electron chi connectivity index (χ1n) is 10.2. The van der Waals surface area contributed by atoms with Crippen molar-refractivity contribution < 1.29 is 9.84 Å². The van der Waals surface area contributed by atoms with E-state index in [0.29, 0.717) is 18.4 Å². The minimum absolute atomic E-state index is 0.0462. The van der Waals surface area contributed by atoms with Gasteiger partial charge in [0.15, 0.2) is 0 Å². The second kappa shape index (κ2) is 7.31. The maximum absolute atomic E-state index is 12.6. The lowest BCUT2D eigenvalue weighted by molar-refractivity contribution is 0.0306. The van der Waals surface area contributed by atoms with E-state index in [1.807, 2.05) is 41.2 Å². The molecule has 0 spiro atoms. The smallest absolute Gasteiger partial charge is 0.252 e. The summed E-state index contributed by atoms with van der Waals surface area (Å²) in [6.07, 6.45) is 5.05. The predicted octanol–water partition coefficient (Wildman–Crippen LogP) is 2.18. The molecule has 1 saturated carbocycles. The number of aromatic amines is 1. The molecule has 2 aliphatic rings. The number of pyridine rings is 1. The summed E-state index contributed by atoms with van der Waals surface area (Å²) >= 11 is 0. The molecule has 2 fully saturated rings. The Morgan fingerprint density at radius 3 is 2.83 bits per heavy atom. The summed E-state index contributed by atoms with van der Waals surface area (Å²) in [6, 6.07) is 9.67. The number of nitrogens with zero attached hydrogens (tertiary/aromatic N) is 3. The summed E-state index contributed by atoms with van der Waals surface area (Å²) in [5.74, 6) is 1.73. The fourth-order valence-electron chi connectivity index (χ4n) is 5.11. The Morgan fingerprint density at radius 1 is 1.24 bits per heavy atom. The number of nitrogens with one attached hydrogen (secondary N) is 1. The fourth-order valence-corrected chi connectivity index (χ4v) is 5.11. The first kappa shape index (κ1) is 18.4. The van der Waals surface area contributed by atoms with Gasteiger partial charge in [-0.25, -0.2) is 0 Å². The van der Waals surface area contributed by atoms with Crippen molar-refractivity contribution in [3.63, 3.8) is 0 Å². The Balaban J connectivity index is 1.32. The molecule has 1 saturated heterocycles. The molecule has 0 amide bonds. The van der Waals surface area contributed by atoms with E-state index >= 15 is 0 Å². The molecular weight excluding hydrogens is 368 g/mol. The van der Waals surface area contributed by atoms with Gasteiger partial charge in [0.2, 0.25) is 0 Å². The van der Waals surface area contributed by atoms with Crippen LogP contribution in [0.2, 0.25) is 0 Å². The Morgan fingerprint density at radius 2 is 2.07 bits per heavy atom. The molecule has 3 aromatic rings. The number of rotatable bonds is 4. The zero-order valence-corrected chi connectivity index (χ0v) is 16.5. The van der Waals surface area contributed by atoms with Crippen molar-refractivity contribution >= 4 is 10.9 Å². The minimum Gasteiger partial charge on any atom is -0.497 e. The van der Waals surface area contributed by atoms with Crippen LogP contribution in [-0.4, -0.2) is 51.1 Å². The fraction of sp³-hybridized carbons (Fsp3) is 0.455. The van der Waals surface area contributed by atoms with Crippen LogP contribution in [0, 0.1) is 11.8 Å². The van der Waals surface area contributed by atoms with Gasteiger partial charge in [0, 0.05) is 43.7 Å². The molecule has 152 valence electrons. The van der Waals surface area contributed by atoms with E-state index in [0.717, 1.165) is 48.1 Å². The highest BCUT2D eigenvalue weighted by molar-refractivity contribution is 5.80. The molecule has 2 aromatic heterocycles. The maximum atomic E-state index is 12.6. The topological polar surface area (TPSA) is 83.4 Å². The van der Waals surface area contributed by atoms with E-state index in [2.05, 4.69) is 15.0 Å². The quantitative estimate of drug-likeness (QED) is 0.709. The van der Waals surface area contributed by atoms with Gasteiger partial charge in [-0.05, 0) is 54.3 Å². The molecule has 7 heteroatoms. The molecule has 1 aliphatic heterocycles. The number of hydrogen-bond acceptors (Lipinski definition) is 5. The predicted molar refractivity (Wildman–Crippen MR) is 110 cm³/mol. The van der Waals surface area contributed by atoms with E-state index in [9.17, 15) is 9.90 Å². The summed E-state index contributed by atoms with van der Waals surface area (Å²) < 4.78 is 7.14. The van der Waals surface area contributed by atoms with Crippen LogP contribution in [0.5, 0.6) is 5.75 Å². The highest BCUT2D eigenvalue weighted by atomic mass is 16.5. The van der Waals surface area contributed by atoms with Gasteiger partial charge >= 0.3 is 0 Å². The maximum Gasteiger partial charge on any atom is 0.252 e. The number of aliphatic hydroxyl groups is 1. The minimum atomic E-state index is -0.366. The van der Waals surface area contributed by atoms with Gasteiger partial charge in [-0.2, -0.15) is 5.10 Å². The summed E-state index contributed by atoms with van der Waals surface area (Å²) in [4.78, 5) is 18.0. The molecule has 3 heterocycles. The van der Waals surface area contributed by atoms with Crippen LogP contribution in [-0.2, 0) is 6.54 Å². The first-order chi connectivity index (χ1) is 14.1. The lowest BCUT2D eigenvalue weighted by Crippen LogP contribution is -2.36. The van der Waals surface area contributed by atoms with E-state index in [1.54, 1.807) is 13.3 Å². The Bertz CT molecular complexity index is 1060. The molecule has 5 rings (SSSR count). The van der Waals surface area contributed by atoms with E-state index < -0.39 is 0 Å². The highest BCUT2D eigenvalue weighted by Gasteiger charge is 2.42. The SMILES string of the molecule is COc1ccc2cc(CN3C[C@H]4C[C@@H](n5cccn5)[C@H](O)C[C@H]4C3)c(=O)[nH]c2c1. The van der Waals surface area contributed by atoms with Crippen LogP contribution >= 0.6 is 0 Å². The van der Waals surface area contributed by atoms with Crippen molar-refractivity contribution in [2.24, 2.45) is 11.8 Å². The average Bonchev–Trinajstić information content (AvgIpc) is 3.37. The van der Waals surface area contributed by atoms with Crippen LogP contribution in [0.1, 0.15) is 24.4 Å². The number of hydrogen-bond donors (Lipinski definition) is 2. The molecule has 0 unspecified atom stereocenters. The van der Waals surface area contributed by atoms with Crippen molar-refractivity contribution in [1.82, 2.24) is 19.7 Å². The lowest BCUT2D eigenvalue weighted by atomic mass is 9.77. The summed E-state index contributed by atoms with van der Waals surface area (Å²) in [5, 5.41) is 16.0. The third-order valence-electron chi connectivity index (χ3n) is 6.57. The van der Waals surface area contributed by atoms with Gasteiger partial charge < -0.3 is 14.8 Å². The van der Waals surface area contributed by atoms with Crippen molar-refractivity contribution in [2.45, 2.75) is 31.5 Å². The van der Waals surface area contributed by atoms with Crippen molar-refractivity contribution in [3.8, 4) is 5.75 Å². The van der Waals surface area contributed by atoms with Gasteiger partial charge in [0.1, 0.15) is 5.75 Å². The third-order valence-corrected chi connectivity index (χ3v) is 6.57. The molecular formula is C22H26N4O3. The van der Waals surface area contributed by atoms with Gasteiger partial charge in [0.05, 0.1) is 24.8 Å². The van der Waals surface area contributed by atoms with Crippen LogP contribution in [0.15, 0.2) is 47.5 Å². The summed E-state index contributed by atoms with van der Waals surface area (Å²) in [6.45, 7) is 2.51. The molecule has 7 nitrogen and oxygen atoms in total. The first-order valence-corrected chi connectivity index (χ1v) is 10.2. The number of aromatic nitrogens is 3. The van der Waals surface area contributed by atoms with Crippen molar-refractivity contribution in [3.05, 3.63) is 58.6 Å². The third kappa shape index (κ3) is 3.45. The van der Waals surface area contributed by atoms with Crippen LogP contribution in [0.25, 0.3) is 10.9 Å². The second-order valence-electron chi connectivity index (χ2n) is 8.38. The van der Waals surface area contributed by atoms with Gasteiger partial charge in [-0.15, -0.1) is 0 Å². The normalized spacial score (nSPS) is 27.2. The number of methoxy groups -OCH3 is 1. The lowest BCUT2D eigenvalue weighted by Gasteiger charge is -2.35. The van der Waals surface area contributed by atoms with Gasteiger partial charge in [0.25, 0.3) is 5.56 Å².